The van der Waals surface area contributed by atoms with Gasteiger partial charge in [-0.3, -0.25) is 9.35 Å². The van der Waals surface area contributed by atoms with Crippen LogP contribution < -0.4 is 0 Å². The highest BCUT2D eigenvalue weighted by molar-refractivity contribution is 7.89. The highest BCUT2D eigenvalue weighted by Crippen LogP contribution is 2.29. The fourth-order valence-corrected chi connectivity index (χ4v) is 5.71. The molecule has 0 rings (SSSR count). The third-order valence-electron chi connectivity index (χ3n) is 1.89. The van der Waals surface area contributed by atoms with Crippen molar-refractivity contribution in [3.8, 4) is 0 Å². The zero-order chi connectivity index (χ0) is 11.8. The van der Waals surface area contributed by atoms with Crippen LogP contribution in [0.4, 0.5) is 0 Å². The fraction of sp³-hybridized carbons (Fsp3) is 0.857. The minimum atomic E-state index is -4.53. The van der Waals surface area contributed by atoms with Crippen molar-refractivity contribution in [3.05, 3.63) is 0 Å². The van der Waals surface area contributed by atoms with Crippen molar-refractivity contribution >= 4 is 25.6 Å². The number of carboxylic acids is 1. The summed E-state index contributed by atoms with van der Waals surface area (Å²) in [4.78, 5) is 10.8. The molecule has 0 aliphatic rings. The van der Waals surface area contributed by atoms with E-state index in [9.17, 15) is 13.2 Å². The molecule has 0 aliphatic carbocycles. The number of aliphatic carboxylic acids is 1. The lowest BCUT2D eigenvalue weighted by Crippen LogP contribution is -2.51. The first-order valence-corrected chi connectivity index (χ1v) is 6.96. The van der Waals surface area contributed by atoms with E-state index in [0.29, 0.717) is 0 Å². The molecule has 1 atom stereocenters. The van der Waals surface area contributed by atoms with E-state index < -0.39 is 30.0 Å². The molecule has 2 N–H and O–H groups in total. The minimum absolute atomic E-state index is 0.358. The van der Waals surface area contributed by atoms with Crippen LogP contribution in [0, 0.1) is 0 Å². The Balaban J connectivity index is 5.26. The Morgan fingerprint density at radius 3 is 1.64 bits per heavy atom. The highest BCUT2D eigenvalue weighted by atomic mass is 32.2. The topological polar surface area (TPSA) is 91.7 Å². The summed E-state index contributed by atoms with van der Waals surface area (Å²) in [5.74, 6) is -1.47. The van der Waals surface area contributed by atoms with Crippen LogP contribution in [0.15, 0.2) is 0 Å². The average Bonchev–Trinajstić information content (AvgIpc) is 1.79. The number of hydrogen-bond donors (Lipinski definition) is 2. The van der Waals surface area contributed by atoms with Gasteiger partial charge in [0.25, 0.3) is 10.1 Å². The molecule has 84 valence electrons. The van der Waals surface area contributed by atoms with Gasteiger partial charge in [-0.15, -0.1) is 0 Å². The second kappa shape index (κ2) is 3.63. The monoisotopic (exact) mass is 240 g/mol. The summed E-state index contributed by atoms with van der Waals surface area (Å²) in [7, 11) is -6.06. The van der Waals surface area contributed by atoms with Crippen molar-refractivity contribution in [1.82, 2.24) is 0 Å². The van der Waals surface area contributed by atoms with E-state index in [0.717, 1.165) is 6.92 Å². The Hall–Kier alpha value is -0.403. The van der Waals surface area contributed by atoms with E-state index >= 15 is 0 Å². The third kappa shape index (κ3) is 3.07. The molecule has 5 nitrogen and oxygen atoms in total. The molecule has 0 amide bonds. The summed E-state index contributed by atoms with van der Waals surface area (Å²) in [5.41, 5.74) is 0. The lowest BCUT2D eigenvalue weighted by atomic mass is 10.2. The zero-order valence-corrected chi connectivity index (χ0v) is 11.0. The molecule has 0 spiro atoms. The maximum Gasteiger partial charge on any atom is 0.323 e. The SMILES string of the molecule is CC(C)(C)[SiH2]C(C)(C(=O)O)S(=O)(=O)O. The van der Waals surface area contributed by atoms with Crippen LogP contribution in [0.25, 0.3) is 0 Å². The van der Waals surface area contributed by atoms with Gasteiger partial charge in [0.1, 0.15) is 0 Å². The van der Waals surface area contributed by atoms with Gasteiger partial charge in [0.2, 0.25) is 0 Å². The van der Waals surface area contributed by atoms with Crippen LogP contribution in [0.5, 0.6) is 0 Å². The van der Waals surface area contributed by atoms with Gasteiger partial charge in [-0.1, -0.05) is 20.8 Å². The summed E-state index contributed by atoms with van der Waals surface area (Å²) >= 11 is 0. The van der Waals surface area contributed by atoms with Crippen LogP contribution in [0.2, 0.25) is 5.04 Å². The van der Waals surface area contributed by atoms with Gasteiger partial charge in [-0.05, 0) is 12.0 Å². The zero-order valence-electron chi connectivity index (χ0n) is 8.73. The molecular formula is C7H16O5SSi. The minimum Gasteiger partial charge on any atom is -0.480 e. The van der Waals surface area contributed by atoms with Crippen molar-refractivity contribution in [2.75, 3.05) is 0 Å². The van der Waals surface area contributed by atoms with Crippen LogP contribution in [-0.4, -0.2) is 37.9 Å². The Morgan fingerprint density at radius 1 is 1.21 bits per heavy atom. The summed E-state index contributed by atoms with van der Waals surface area (Å²) in [5, 5.41) is 8.47. The fourth-order valence-electron chi connectivity index (χ4n) is 1.29. The molecule has 0 heterocycles. The first kappa shape index (κ1) is 13.6. The number of carbonyl (C=O) groups is 1. The molecular weight excluding hydrogens is 224 g/mol. The van der Waals surface area contributed by atoms with Crippen molar-refractivity contribution in [3.63, 3.8) is 0 Å². The second-order valence-corrected chi connectivity index (χ2v) is 11.0. The van der Waals surface area contributed by atoms with Gasteiger partial charge in [0.05, 0.1) is 9.52 Å². The van der Waals surface area contributed by atoms with Crippen molar-refractivity contribution in [1.29, 1.82) is 0 Å². The van der Waals surface area contributed by atoms with Crippen molar-refractivity contribution in [2.24, 2.45) is 0 Å². The van der Waals surface area contributed by atoms with Gasteiger partial charge in [0.15, 0.2) is 4.37 Å². The molecule has 0 bridgehead atoms. The summed E-state index contributed by atoms with van der Waals surface area (Å²) in [6, 6.07) is 0. The van der Waals surface area contributed by atoms with Gasteiger partial charge >= 0.3 is 5.97 Å². The van der Waals surface area contributed by atoms with E-state index in [4.69, 9.17) is 9.66 Å². The molecule has 0 saturated carbocycles. The molecule has 7 heteroatoms. The Morgan fingerprint density at radius 2 is 1.57 bits per heavy atom. The predicted octanol–water partition coefficient (Wildman–Crippen LogP) is 0.0622. The Labute approximate surface area is 86.1 Å². The largest absolute Gasteiger partial charge is 0.480 e. The molecule has 0 aromatic heterocycles. The van der Waals surface area contributed by atoms with Crippen LogP contribution in [0.3, 0.4) is 0 Å². The molecule has 1 unspecified atom stereocenters. The van der Waals surface area contributed by atoms with E-state index in [-0.39, 0.29) is 5.04 Å². The summed E-state index contributed by atoms with van der Waals surface area (Å²) in [6.07, 6.45) is 0. The lowest BCUT2D eigenvalue weighted by molar-refractivity contribution is -0.137. The Kier molecular flexibility index (Phi) is 3.53. The second-order valence-electron chi connectivity index (χ2n) is 4.75. The molecule has 0 fully saturated rings. The van der Waals surface area contributed by atoms with Crippen molar-refractivity contribution in [2.45, 2.75) is 37.1 Å². The lowest BCUT2D eigenvalue weighted by Gasteiger charge is -2.28. The van der Waals surface area contributed by atoms with E-state index in [1.54, 1.807) is 20.8 Å². The van der Waals surface area contributed by atoms with Gasteiger partial charge < -0.3 is 5.11 Å². The quantitative estimate of drug-likeness (QED) is 0.538. The van der Waals surface area contributed by atoms with Gasteiger partial charge in [0, 0.05) is 0 Å². The first-order chi connectivity index (χ1) is 5.90. The van der Waals surface area contributed by atoms with Crippen LogP contribution >= 0.6 is 0 Å². The number of carboxylic acid groups (broad SMARTS) is 1. The normalized spacial score (nSPS) is 18.4. The van der Waals surface area contributed by atoms with Crippen molar-refractivity contribution < 1.29 is 22.9 Å². The Bertz CT molecular complexity index is 328. The van der Waals surface area contributed by atoms with Crippen LogP contribution in [0.1, 0.15) is 27.7 Å². The van der Waals surface area contributed by atoms with Gasteiger partial charge in [-0.2, -0.15) is 8.42 Å². The maximum absolute atomic E-state index is 11.0. The molecule has 0 radical (unpaired) electrons. The summed E-state index contributed by atoms with van der Waals surface area (Å²) < 4.78 is 28.9. The molecule has 14 heavy (non-hydrogen) atoms. The molecule has 0 aliphatic heterocycles. The van der Waals surface area contributed by atoms with E-state index in [1.807, 2.05) is 0 Å². The summed E-state index contributed by atoms with van der Waals surface area (Å²) in [6.45, 7) is 6.38. The highest BCUT2D eigenvalue weighted by Gasteiger charge is 2.48. The number of hydrogen-bond acceptors (Lipinski definition) is 3. The van der Waals surface area contributed by atoms with E-state index in [1.165, 1.54) is 0 Å². The van der Waals surface area contributed by atoms with Crippen LogP contribution in [-0.2, 0) is 14.9 Å². The third-order valence-corrected chi connectivity index (χ3v) is 6.77. The number of rotatable bonds is 3. The van der Waals surface area contributed by atoms with E-state index in [2.05, 4.69) is 0 Å². The smallest absolute Gasteiger partial charge is 0.323 e. The molecule has 0 saturated heterocycles. The predicted molar refractivity (Wildman–Crippen MR) is 55.8 cm³/mol. The first-order valence-electron chi connectivity index (χ1n) is 4.10. The average molecular weight is 240 g/mol. The maximum atomic E-state index is 11.0. The van der Waals surface area contributed by atoms with Gasteiger partial charge in [-0.25, -0.2) is 0 Å². The standard InChI is InChI=1S/C7H16O5SSi/c1-6(2,3)14-7(4,5(8)9)13(10,11)12/h14H2,1-4H3,(H,8,9)(H,10,11,12). The molecule has 0 aromatic rings. The molecule has 0 aromatic carbocycles.